The molecule has 0 saturated carbocycles. The monoisotopic (exact) mass is 416 g/mol. The number of nitrogens with zero attached hydrogens (tertiary/aromatic N) is 1. The van der Waals surface area contributed by atoms with Gasteiger partial charge in [-0.15, -0.1) is 0 Å². The van der Waals surface area contributed by atoms with Crippen molar-refractivity contribution in [3.8, 4) is 0 Å². The summed E-state index contributed by atoms with van der Waals surface area (Å²) in [6.07, 6.45) is 3.76. The molecule has 1 atom stereocenters. The van der Waals surface area contributed by atoms with Crippen LogP contribution in [0.5, 0.6) is 0 Å². The fourth-order valence-corrected chi connectivity index (χ4v) is 4.32. The number of carbonyl (C=O) groups is 1. The van der Waals surface area contributed by atoms with Gasteiger partial charge in [0, 0.05) is 19.0 Å². The average Bonchev–Trinajstić information content (AvgIpc) is 2.66. The molecule has 0 radical (unpaired) electrons. The zero-order valence-electron chi connectivity index (χ0n) is 17.8. The summed E-state index contributed by atoms with van der Waals surface area (Å²) in [7, 11) is -3.42. The minimum Gasteiger partial charge on any atom is -0.354 e. The molecule has 0 heterocycles. The molecule has 0 fully saturated rings. The van der Waals surface area contributed by atoms with E-state index in [4.69, 9.17) is 0 Å². The highest BCUT2D eigenvalue weighted by Crippen LogP contribution is 2.25. The number of anilines is 1. The van der Waals surface area contributed by atoms with Crippen LogP contribution in [0.25, 0.3) is 0 Å². The summed E-state index contributed by atoms with van der Waals surface area (Å²) < 4.78 is 26.0. The standard InChI is InChI=1S/C23H32N2O3S/c1-18-10-8-13-22(20(18)3)25(29(4,27)28)17-9-14-23(26)24-19(2)15-16-21-11-6-5-7-12-21/h5-8,10-13,19H,9,14-17H2,1-4H3,(H,24,26). The van der Waals surface area contributed by atoms with E-state index >= 15 is 0 Å². The number of rotatable bonds is 10. The van der Waals surface area contributed by atoms with Gasteiger partial charge in [0.05, 0.1) is 11.9 Å². The number of amides is 1. The second-order valence-electron chi connectivity index (χ2n) is 7.65. The van der Waals surface area contributed by atoms with Crippen molar-refractivity contribution < 1.29 is 13.2 Å². The number of carbonyl (C=O) groups excluding carboxylic acids is 1. The smallest absolute Gasteiger partial charge is 0.232 e. The second-order valence-corrected chi connectivity index (χ2v) is 9.56. The summed E-state index contributed by atoms with van der Waals surface area (Å²) in [6, 6.07) is 15.9. The van der Waals surface area contributed by atoms with Crippen LogP contribution in [0, 0.1) is 13.8 Å². The van der Waals surface area contributed by atoms with E-state index in [-0.39, 0.29) is 18.5 Å². The fraction of sp³-hybridized carbons (Fsp3) is 0.435. The topological polar surface area (TPSA) is 66.5 Å². The van der Waals surface area contributed by atoms with Crippen LogP contribution in [0.4, 0.5) is 5.69 Å². The maximum absolute atomic E-state index is 12.3. The van der Waals surface area contributed by atoms with Crippen molar-refractivity contribution in [3.63, 3.8) is 0 Å². The van der Waals surface area contributed by atoms with Crippen molar-refractivity contribution >= 4 is 21.6 Å². The van der Waals surface area contributed by atoms with E-state index < -0.39 is 10.0 Å². The Hall–Kier alpha value is -2.34. The van der Waals surface area contributed by atoms with Crippen molar-refractivity contribution in [3.05, 3.63) is 65.2 Å². The summed E-state index contributed by atoms with van der Waals surface area (Å²) in [5.41, 5.74) is 3.92. The lowest BCUT2D eigenvalue weighted by molar-refractivity contribution is -0.121. The number of hydrogen-bond acceptors (Lipinski definition) is 3. The first-order valence-electron chi connectivity index (χ1n) is 10.1. The Bertz CT molecular complexity index is 911. The Labute approximate surface area is 175 Å². The molecule has 0 aliphatic heterocycles. The zero-order valence-corrected chi connectivity index (χ0v) is 18.6. The molecular weight excluding hydrogens is 384 g/mol. The molecule has 5 nitrogen and oxygen atoms in total. The van der Waals surface area contributed by atoms with Crippen molar-refractivity contribution in [1.29, 1.82) is 0 Å². The molecule has 1 amide bonds. The zero-order chi connectivity index (χ0) is 21.4. The van der Waals surface area contributed by atoms with Crippen LogP contribution < -0.4 is 9.62 Å². The molecule has 29 heavy (non-hydrogen) atoms. The fourth-order valence-electron chi connectivity index (χ4n) is 3.30. The lowest BCUT2D eigenvalue weighted by atomic mass is 10.1. The van der Waals surface area contributed by atoms with E-state index in [9.17, 15) is 13.2 Å². The number of sulfonamides is 1. The normalized spacial score (nSPS) is 12.4. The predicted molar refractivity (Wildman–Crippen MR) is 120 cm³/mol. The quantitative estimate of drug-likeness (QED) is 0.637. The van der Waals surface area contributed by atoms with Crippen molar-refractivity contribution in [2.75, 3.05) is 17.1 Å². The maximum Gasteiger partial charge on any atom is 0.232 e. The molecule has 0 aromatic heterocycles. The Balaban J connectivity index is 1.85. The van der Waals surface area contributed by atoms with Crippen LogP contribution in [0.1, 0.15) is 42.9 Å². The van der Waals surface area contributed by atoms with E-state index in [0.29, 0.717) is 18.5 Å². The Morgan fingerprint density at radius 3 is 2.41 bits per heavy atom. The molecule has 0 aliphatic carbocycles. The van der Waals surface area contributed by atoms with Crippen LogP contribution in [0.3, 0.4) is 0 Å². The van der Waals surface area contributed by atoms with Gasteiger partial charge in [-0.05, 0) is 62.8 Å². The molecule has 2 rings (SSSR count). The highest BCUT2D eigenvalue weighted by atomic mass is 32.2. The van der Waals surface area contributed by atoms with E-state index in [1.54, 1.807) is 0 Å². The molecule has 0 spiro atoms. The Morgan fingerprint density at radius 2 is 1.76 bits per heavy atom. The molecule has 6 heteroatoms. The Morgan fingerprint density at radius 1 is 1.07 bits per heavy atom. The van der Waals surface area contributed by atoms with E-state index in [1.165, 1.54) is 16.1 Å². The third kappa shape index (κ3) is 7.20. The van der Waals surface area contributed by atoms with Crippen LogP contribution in [0.2, 0.25) is 0 Å². The molecule has 2 aromatic rings. The first-order valence-corrected chi connectivity index (χ1v) is 11.9. The molecular formula is C23H32N2O3S. The van der Waals surface area contributed by atoms with Crippen molar-refractivity contribution in [2.45, 2.75) is 52.5 Å². The van der Waals surface area contributed by atoms with Gasteiger partial charge >= 0.3 is 0 Å². The number of hydrogen-bond donors (Lipinski definition) is 1. The summed E-state index contributed by atoms with van der Waals surface area (Å²) in [6.45, 7) is 6.17. The number of benzene rings is 2. The molecule has 0 saturated heterocycles. The molecule has 2 aromatic carbocycles. The molecule has 1 N–H and O–H groups in total. The highest BCUT2D eigenvalue weighted by molar-refractivity contribution is 7.92. The van der Waals surface area contributed by atoms with E-state index in [2.05, 4.69) is 17.4 Å². The summed E-state index contributed by atoms with van der Waals surface area (Å²) in [4.78, 5) is 12.3. The van der Waals surface area contributed by atoms with Crippen molar-refractivity contribution in [1.82, 2.24) is 5.32 Å². The second kappa shape index (κ2) is 10.4. The van der Waals surface area contributed by atoms with E-state index in [0.717, 1.165) is 24.0 Å². The Kier molecular flexibility index (Phi) is 8.26. The summed E-state index contributed by atoms with van der Waals surface area (Å²) >= 11 is 0. The molecule has 0 aliphatic rings. The highest BCUT2D eigenvalue weighted by Gasteiger charge is 2.20. The lowest BCUT2D eigenvalue weighted by Crippen LogP contribution is -2.35. The first-order chi connectivity index (χ1) is 13.7. The third-order valence-electron chi connectivity index (χ3n) is 5.13. The summed E-state index contributed by atoms with van der Waals surface area (Å²) in [5.74, 6) is -0.0417. The minimum atomic E-state index is -3.42. The first kappa shape index (κ1) is 22.9. The van der Waals surface area contributed by atoms with Crippen molar-refractivity contribution in [2.24, 2.45) is 0 Å². The van der Waals surface area contributed by atoms with Crippen LogP contribution >= 0.6 is 0 Å². The predicted octanol–water partition coefficient (Wildman–Crippen LogP) is 3.99. The lowest BCUT2D eigenvalue weighted by Gasteiger charge is -2.25. The van der Waals surface area contributed by atoms with Crippen LogP contribution in [0.15, 0.2) is 48.5 Å². The molecule has 1 unspecified atom stereocenters. The van der Waals surface area contributed by atoms with Gasteiger partial charge in [0.2, 0.25) is 15.9 Å². The SMILES string of the molecule is Cc1cccc(N(CCCC(=O)NC(C)CCc2ccccc2)S(C)(=O)=O)c1C. The molecule has 0 bridgehead atoms. The minimum absolute atomic E-state index is 0.0417. The number of aryl methyl sites for hydroxylation is 2. The van der Waals surface area contributed by atoms with Gasteiger partial charge in [-0.2, -0.15) is 0 Å². The summed E-state index contributed by atoms with van der Waals surface area (Å²) in [5, 5.41) is 3.02. The van der Waals surface area contributed by atoms with Gasteiger partial charge in [0.15, 0.2) is 0 Å². The largest absolute Gasteiger partial charge is 0.354 e. The molecule has 158 valence electrons. The van der Waals surface area contributed by atoms with Gasteiger partial charge < -0.3 is 5.32 Å². The van der Waals surface area contributed by atoms with Gasteiger partial charge in [-0.1, -0.05) is 42.5 Å². The van der Waals surface area contributed by atoms with Crippen LogP contribution in [-0.2, 0) is 21.2 Å². The van der Waals surface area contributed by atoms with Gasteiger partial charge in [0.25, 0.3) is 0 Å². The maximum atomic E-state index is 12.3. The van der Waals surface area contributed by atoms with Gasteiger partial charge in [0.1, 0.15) is 0 Å². The third-order valence-corrected chi connectivity index (χ3v) is 6.31. The van der Waals surface area contributed by atoms with Gasteiger partial charge in [-0.3, -0.25) is 9.10 Å². The van der Waals surface area contributed by atoms with E-state index in [1.807, 2.05) is 57.2 Å². The average molecular weight is 417 g/mol. The van der Waals surface area contributed by atoms with Crippen LogP contribution in [-0.4, -0.2) is 33.2 Å². The van der Waals surface area contributed by atoms with Gasteiger partial charge in [-0.25, -0.2) is 8.42 Å². The number of nitrogens with one attached hydrogen (secondary N) is 1.